The zero-order valence-electron chi connectivity index (χ0n) is 14.4. The molecule has 1 aromatic carbocycles. The number of carbonyl (C=O) groups excluding carboxylic acids is 1. The molecule has 0 spiro atoms. The molecule has 3 unspecified atom stereocenters. The fourth-order valence-corrected chi connectivity index (χ4v) is 4.85. The van der Waals surface area contributed by atoms with Crippen LogP contribution in [0.4, 0.5) is 0 Å². The van der Waals surface area contributed by atoms with Gasteiger partial charge in [0.15, 0.2) is 5.78 Å². The highest BCUT2D eigenvalue weighted by molar-refractivity contribution is 7.08. The second-order valence-electron chi connectivity index (χ2n) is 6.90. The predicted octanol–water partition coefficient (Wildman–Crippen LogP) is 4.41. The minimum atomic E-state index is -0.924. The molecular formula is C21H19NO3S. The normalized spacial score (nSPS) is 25.7. The number of hydrogen-bond donors (Lipinski definition) is 1. The monoisotopic (exact) mass is 365 g/mol. The van der Waals surface area contributed by atoms with Gasteiger partial charge in [-0.15, -0.1) is 0 Å². The van der Waals surface area contributed by atoms with E-state index in [1.165, 1.54) is 11.3 Å². The highest BCUT2D eigenvalue weighted by Crippen LogP contribution is 2.46. The van der Waals surface area contributed by atoms with Crippen molar-refractivity contribution in [2.45, 2.75) is 31.6 Å². The summed E-state index contributed by atoms with van der Waals surface area (Å²) >= 11 is 1.52. The predicted molar refractivity (Wildman–Crippen MR) is 102 cm³/mol. The number of allylic oxidation sites excluding steroid dienone is 2. The molecule has 5 heteroatoms. The van der Waals surface area contributed by atoms with Crippen molar-refractivity contribution < 1.29 is 14.7 Å². The van der Waals surface area contributed by atoms with Gasteiger partial charge in [0.25, 0.3) is 0 Å². The van der Waals surface area contributed by atoms with E-state index in [0.29, 0.717) is 24.1 Å². The van der Waals surface area contributed by atoms with Gasteiger partial charge in [0.05, 0.1) is 0 Å². The summed E-state index contributed by atoms with van der Waals surface area (Å²) in [6.45, 7) is 1.76. The first-order chi connectivity index (χ1) is 12.6. The van der Waals surface area contributed by atoms with Crippen molar-refractivity contribution in [3.8, 4) is 0 Å². The van der Waals surface area contributed by atoms with E-state index in [4.69, 9.17) is 0 Å². The number of aliphatic carboxylic acids is 1. The van der Waals surface area contributed by atoms with E-state index in [1.54, 1.807) is 6.92 Å². The molecule has 0 amide bonds. The molecule has 1 aliphatic carbocycles. The SMILES string of the molecule is CC1=NC2=C(C(=O)CC(c3ccccc3)C2)C(c2ccsc2)C1C(=O)O. The second kappa shape index (κ2) is 6.65. The van der Waals surface area contributed by atoms with Gasteiger partial charge in [0.1, 0.15) is 5.92 Å². The first-order valence-corrected chi connectivity index (χ1v) is 9.61. The van der Waals surface area contributed by atoms with Crippen LogP contribution in [0.15, 0.2) is 63.4 Å². The van der Waals surface area contributed by atoms with Crippen LogP contribution in [0.25, 0.3) is 0 Å². The van der Waals surface area contributed by atoms with Gasteiger partial charge in [0.2, 0.25) is 0 Å². The molecule has 1 aliphatic heterocycles. The lowest BCUT2D eigenvalue weighted by Crippen LogP contribution is -2.37. The smallest absolute Gasteiger partial charge is 0.313 e. The molecule has 2 heterocycles. The minimum absolute atomic E-state index is 0.0267. The fraction of sp³-hybridized carbons (Fsp3) is 0.286. The van der Waals surface area contributed by atoms with Crippen LogP contribution in [0.5, 0.6) is 0 Å². The number of carboxylic acids is 1. The first-order valence-electron chi connectivity index (χ1n) is 8.67. The van der Waals surface area contributed by atoms with Gasteiger partial charge in [-0.2, -0.15) is 11.3 Å². The molecule has 0 saturated carbocycles. The third-order valence-corrected chi connectivity index (χ3v) is 6.03. The van der Waals surface area contributed by atoms with E-state index in [1.807, 2.05) is 47.2 Å². The lowest BCUT2D eigenvalue weighted by Gasteiger charge is -2.35. The number of benzene rings is 1. The molecule has 26 heavy (non-hydrogen) atoms. The molecule has 2 aliphatic rings. The van der Waals surface area contributed by atoms with Crippen molar-refractivity contribution in [3.63, 3.8) is 0 Å². The summed E-state index contributed by atoms with van der Waals surface area (Å²) in [5.74, 6) is -2.01. The molecule has 2 aromatic rings. The average molecular weight is 365 g/mol. The number of hydrogen-bond acceptors (Lipinski definition) is 4. The van der Waals surface area contributed by atoms with E-state index < -0.39 is 17.8 Å². The van der Waals surface area contributed by atoms with Crippen molar-refractivity contribution in [1.82, 2.24) is 0 Å². The molecule has 132 valence electrons. The number of ketones is 1. The van der Waals surface area contributed by atoms with Gasteiger partial charge in [-0.1, -0.05) is 30.3 Å². The maximum Gasteiger partial charge on any atom is 0.313 e. The Morgan fingerprint density at radius 2 is 1.92 bits per heavy atom. The highest BCUT2D eigenvalue weighted by Gasteiger charge is 2.44. The van der Waals surface area contributed by atoms with Gasteiger partial charge in [-0.25, -0.2) is 0 Å². The summed E-state index contributed by atoms with van der Waals surface area (Å²) < 4.78 is 0. The minimum Gasteiger partial charge on any atom is -0.481 e. The number of aliphatic imine (C=N–C) groups is 1. The zero-order chi connectivity index (χ0) is 18.3. The molecule has 0 saturated heterocycles. The number of Topliss-reactive ketones (excluding diaryl/α,β-unsaturated/α-hetero) is 1. The Labute approximate surface area is 155 Å². The molecule has 0 radical (unpaired) electrons. The second-order valence-corrected chi connectivity index (χ2v) is 7.68. The van der Waals surface area contributed by atoms with Gasteiger partial charge < -0.3 is 5.11 Å². The molecule has 1 aromatic heterocycles. The van der Waals surface area contributed by atoms with Gasteiger partial charge in [-0.05, 0) is 47.2 Å². The maximum atomic E-state index is 13.1. The van der Waals surface area contributed by atoms with Crippen molar-refractivity contribution in [2.75, 3.05) is 0 Å². The number of thiophene rings is 1. The molecular weight excluding hydrogens is 346 g/mol. The summed E-state index contributed by atoms with van der Waals surface area (Å²) in [6, 6.07) is 11.9. The average Bonchev–Trinajstić information content (AvgIpc) is 3.15. The first kappa shape index (κ1) is 16.9. The van der Waals surface area contributed by atoms with Crippen molar-refractivity contribution in [3.05, 3.63) is 69.6 Å². The van der Waals surface area contributed by atoms with Crippen LogP contribution in [0.1, 0.15) is 42.7 Å². The van der Waals surface area contributed by atoms with Gasteiger partial charge in [0, 0.05) is 29.3 Å². The van der Waals surface area contributed by atoms with Crippen LogP contribution >= 0.6 is 11.3 Å². The lowest BCUT2D eigenvalue weighted by molar-refractivity contribution is -0.139. The van der Waals surface area contributed by atoms with Crippen LogP contribution < -0.4 is 0 Å². The molecule has 1 N–H and O–H groups in total. The van der Waals surface area contributed by atoms with Gasteiger partial charge >= 0.3 is 5.97 Å². The maximum absolute atomic E-state index is 13.1. The zero-order valence-corrected chi connectivity index (χ0v) is 15.2. The quantitative estimate of drug-likeness (QED) is 0.876. The van der Waals surface area contributed by atoms with E-state index >= 15 is 0 Å². The Morgan fingerprint density at radius 3 is 2.58 bits per heavy atom. The van der Waals surface area contributed by atoms with E-state index in [2.05, 4.69) is 4.99 Å². The van der Waals surface area contributed by atoms with E-state index in [-0.39, 0.29) is 11.7 Å². The summed E-state index contributed by atoms with van der Waals surface area (Å²) in [4.78, 5) is 29.6. The van der Waals surface area contributed by atoms with Crippen molar-refractivity contribution >= 4 is 28.8 Å². The standard InChI is InChI=1S/C21H19NO3S/c1-12-18(21(24)25)19(14-7-8-26-11-14)20-16(22-12)9-15(10-17(20)23)13-5-3-2-4-6-13/h2-8,11,15,18-19H,9-10H2,1H3,(H,24,25). The van der Waals surface area contributed by atoms with Crippen molar-refractivity contribution in [1.29, 1.82) is 0 Å². The lowest BCUT2D eigenvalue weighted by atomic mass is 9.70. The highest BCUT2D eigenvalue weighted by atomic mass is 32.1. The largest absolute Gasteiger partial charge is 0.481 e. The molecule has 4 nitrogen and oxygen atoms in total. The molecule has 0 fully saturated rings. The van der Waals surface area contributed by atoms with Gasteiger partial charge in [-0.3, -0.25) is 14.6 Å². The van der Waals surface area contributed by atoms with Crippen LogP contribution in [-0.2, 0) is 9.59 Å². The van der Waals surface area contributed by atoms with Crippen molar-refractivity contribution in [2.24, 2.45) is 10.9 Å². The van der Waals surface area contributed by atoms with E-state index in [0.717, 1.165) is 16.8 Å². The number of carboxylic acid groups (broad SMARTS) is 1. The molecule has 3 atom stereocenters. The third kappa shape index (κ3) is 2.82. The summed E-state index contributed by atoms with van der Waals surface area (Å²) in [5, 5.41) is 13.6. The Morgan fingerprint density at radius 1 is 1.15 bits per heavy atom. The Kier molecular flexibility index (Phi) is 4.32. The number of nitrogens with zero attached hydrogens (tertiary/aromatic N) is 1. The molecule has 0 bridgehead atoms. The Hall–Kier alpha value is -2.53. The van der Waals surface area contributed by atoms with Crippen LogP contribution in [-0.4, -0.2) is 22.6 Å². The van der Waals surface area contributed by atoms with Crippen LogP contribution in [0, 0.1) is 5.92 Å². The fourth-order valence-electron chi connectivity index (χ4n) is 4.15. The van der Waals surface area contributed by atoms with Crippen LogP contribution in [0.2, 0.25) is 0 Å². The Bertz CT molecular complexity index is 912. The summed E-state index contributed by atoms with van der Waals surface area (Å²) in [5.41, 5.74) is 3.98. The number of carbonyl (C=O) groups is 2. The van der Waals surface area contributed by atoms with Crippen LogP contribution in [0.3, 0.4) is 0 Å². The summed E-state index contributed by atoms with van der Waals surface area (Å²) in [6.07, 6.45) is 1.08. The Balaban J connectivity index is 1.80. The van der Waals surface area contributed by atoms with E-state index in [9.17, 15) is 14.7 Å². The topological polar surface area (TPSA) is 66.7 Å². The summed E-state index contributed by atoms with van der Waals surface area (Å²) in [7, 11) is 0. The third-order valence-electron chi connectivity index (χ3n) is 5.33. The number of rotatable bonds is 3. The molecule has 4 rings (SSSR count).